The van der Waals surface area contributed by atoms with Crippen molar-refractivity contribution in [2.75, 3.05) is 0 Å². The second-order valence-corrected chi connectivity index (χ2v) is 5.09. The Morgan fingerprint density at radius 2 is 2.11 bits per heavy atom. The summed E-state index contributed by atoms with van der Waals surface area (Å²) in [7, 11) is 0. The fourth-order valence-electron chi connectivity index (χ4n) is 2.26. The van der Waals surface area contributed by atoms with Gasteiger partial charge in [0, 0.05) is 29.5 Å². The average molecular weight is 259 g/mol. The number of fused-ring (bicyclic) bond motifs is 2. The normalized spacial score (nSPS) is 19.2. The van der Waals surface area contributed by atoms with E-state index in [2.05, 4.69) is 5.16 Å². The van der Waals surface area contributed by atoms with E-state index in [9.17, 15) is 4.79 Å². The molecule has 0 saturated heterocycles. The highest BCUT2D eigenvalue weighted by Crippen LogP contribution is 2.34. The van der Waals surface area contributed by atoms with Gasteiger partial charge in [-0.15, -0.1) is 0 Å². The van der Waals surface area contributed by atoms with E-state index in [1.165, 1.54) is 6.07 Å². The molecule has 19 heavy (non-hydrogen) atoms. The van der Waals surface area contributed by atoms with Crippen LogP contribution in [0.1, 0.15) is 19.4 Å². The molecule has 1 aromatic carbocycles. The molecule has 0 bridgehead atoms. The Bertz CT molecular complexity index is 743. The maximum atomic E-state index is 11.2. The zero-order valence-corrected chi connectivity index (χ0v) is 10.6. The Hall–Kier alpha value is -2.30. The van der Waals surface area contributed by atoms with Crippen molar-refractivity contribution >= 4 is 16.7 Å². The zero-order valence-electron chi connectivity index (χ0n) is 10.6. The highest BCUT2D eigenvalue weighted by Gasteiger charge is 2.34. The number of oxime groups is 1. The highest BCUT2D eigenvalue weighted by atomic mass is 16.5. The predicted octanol–water partition coefficient (Wildman–Crippen LogP) is 2.34. The molecule has 0 amide bonds. The van der Waals surface area contributed by atoms with Crippen LogP contribution >= 0.6 is 0 Å². The molecule has 5 nitrogen and oxygen atoms in total. The van der Waals surface area contributed by atoms with Gasteiger partial charge in [-0.05, 0) is 26.0 Å². The fraction of sp³-hybridized carbons (Fsp3) is 0.286. The van der Waals surface area contributed by atoms with E-state index in [0.29, 0.717) is 23.5 Å². The van der Waals surface area contributed by atoms with Crippen LogP contribution in [-0.2, 0) is 6.42 Å². The third-order valence-corrected chi connectivity index (χ3v) is 3.34. The summed E-state index contributed by atoms with van der Waals surface area (Å²) in [4.78, 5) is 11.2. The molecule has 0 fully saturated rings. The molecule has 5 heteroatoms. The summed E-state index contributed by atoms with van der Waals surface area (Å²) in [6, 6.07) is 6.68. The SMILES string of the molecule is CC1(C)Oc2cc3oc(=O)ccc3cc2C/C1=N\O. The molecule has 1 N–H and O–H groups in total. The van der Waals surface area contributed by atoms with Crippen molar-refractivity contribution in [3.63, 3.8) is 0 Å². The van der Waals surface area contributed by atoms with E-state index in [4.69, 9.17) is 14.4 Å². The Labute approximate surface area is 109 Å². The first kappa shape index (κ1) is 11.8. The first-order chi connectivity index (χ1) is 8.99. The van der Waals surface area contributed by atoms with Crippen LogP contribution in [0.3, 0.4) is 0 Å². The smallest absolute Gasteiger partial charge is 0.336 e. The Morgan fingerprint density at radius 1 is 1.32 bits per heavy atom. The van der Waals surface area contributed by atoms with Gasteiger partial charge < -0.3 is 14.4 Å². The molecule has 3 rings (SSSR count). The summed E-state index contributed by atoms with van der Waals surface area (Å²) in [5.41, 5.74) is 0.904. The predicted molar refractivity (Wildman–Crippen MR) is 70.1 cm³/mol. The van der Waals surface area contributed by atoms with Crippen LogP contribution in [0.5, 0.6) is 5.75 Å². The van der Waals surface area contributed by atoms with E-state index in [0.717, 1.165) is 10.9 Å². The Balaban J connectivity index is 2.21. The third kappa shape index (κ3) is 1.87. The molecule has 1 aliphatic rings. The lowest BCUT2D eigenvalue weighted by atomic mass is 9.91. The van der Waals surface area contributed by atoms with Crippen LogP contribution in [0, 0.1) is 0 Å². The summed E-state index contributed by atoms with van der Waals surface area (Å²) >= 11 is 0. The van der Waals surface area contributed by atoms with E-state index in [1.807, 2.05) is 19.9 Å². The van der Waals surface area contributed by atoms with Crippen LogP contribution in [-0.4, -0.2) is 16.5 Å². The lowest BCUT2D eigenvalue weighted by Crippen LogP contribution is -2.42. The van der Waals surface area contributed by atoms with Crippen molar-refractivity contribution in [3.8, 4) is 5.75 Å². The van der Waals surface area contributed by atoms with Gasteiger partial charge in [0.25, 0.3) is 0 Å². The van der Waals surface area contributed by atoms with E-state index in [1.54, 1.807) is 12.1 Å². The molecule has 2 aromatic rings. The van der Waals surface area contributed by atoms with Gasteiger partial charge in [-0.25, -0.2) is 4.79 Å². The lowest BCUT2D eigenvalue weighted by Gasteiger charge is -2.33. The second-order valence-electron chi connectivity index (χ2n) is 5.09. The van der Waals surface area contributed by atoms with Gasteiger partial charge in [0.2, 0.25) is 0 Å². The first-order valence-corrected chi connectivity index (χ1v) is 5.97. The Morgan fingerprint density at radius 3 is 2.84 bits per heavy atom. The maximum Gasteiger partial charge on any atom is 0.336 e. The van der Waals surface area contributed by atoms with E-state index in [-0.39, 0.29) is 5.63 Å². The van der Waals surface area contributed by atoms with Crippen LogP contribution in [0.25, 0.3) is 11.0 Å². The number of benzene rings is 1. The van der Waals surface area contributed by atoms with Crippen molar-refractivity contribution in [1.29, 1.82) is 0 Å². The molecule has 1 aliphatic heterocycles. The van der Waals surface area contributed by atoms with Gasteiger partial charge in [-0.3, -0.25) is 0 Å². The quantitative estimate of drug-likeness (QED) is 0.448. The molecule has 0 spiro atoms. The minimum absolute atomic E-state index is 0.389. The molecular weight excluding hydrogens is 246 g/mol. The summed E-state index contributed by atoms with van der Waals surface area (Å²) in [5, 5.41) is 13.2. The van der Waals surface area contributed by atoms with Crippen molar-refractivity contribution in [2.24, 2.45) is 5.16 Å². The minimum Gasteiger partial charge on any atom is -0.481 e. The number of rotatable bonds is 0. The highest BCUT2D eigenvalue weighted by molar-refractivity contribution is 5.96. The van der Waals surface area contributed by atoms with Crippen LogP contribution in [0.2, 0.25) is 0 Å². The Kier molecular flexibility index (Phi) is 2.38. The van der Waals surface area contributed by atoms with E-state index >= 15 is 0 Å². The standard InChI is InChI=1S/C14H13NO4/c1-14(2)12(15-17)6-9-5-8-3-4-13(16)18-10(8)7-11(9)19-14/h3-5,7,17H,6H2,1-2H3/b15-12+. The van der Waals surface area contributed by atoms with Gasteiger partial charge in [0.1, 0.15) is 22.6 Å². The van der Waals surface area contributed by atoms with Gasteiger partial charge in [0.05, 0.1) is 0 Å². The van der Waals surface area contributed by atoms with Crippen molar-refractivity contribution in [3.05, 3.63) is 40.2 Å². The third-order valence-electron chi connectivity index (χ3n) is 3.34. The number of ether oxygens (including phenoxy) is 1. The van der Waals surface area contributed by atoms with Crippen molar-refractivity contribution in [2.45, 2.75) is 25.9 Å². The molecule has 98 valence electrons. The van der Waals surface area contributed by atoms with E-state index < -0.39 is 5.60 Å². The maximum absolute atomic E-state index is 11.2. The monoisotopic (exact) mass is 259 g/mol. The zero-order chi connectivity index (χ0) is 13.6. The number of nitrogens with zero attached hydrogens (tertiary/aromatic N) is 1. The first-order valence-electron chi connectivity index (χ1n) is 5.97. The molecule has 1 aromatic heterocycles. The topological polar surface area (TPSA) is 72.0 Å². The number of hydrogen-bond donors (Lipinski definition) is 1. The molecule has 0 atom stereocenters. The summed E-state index contributed by atoms with van der Waals surface area (Å²) in [6.45, 7) is 3.66. The summed E-state index contributed by atoms with van der Waals surface area (Å²) in [6.07, 6.45) is 0.508. The molecule has 0 saturated carbocycles. The van der Waals surface area contributed by atoms with Gasteiger partial charge in [-0.2, -0.15) is 0 Å². The van der Waals surface area contributed by atoms with Crippen LogP contribution < -0.4 is 10.4 Å². The van der Waals surface area contributed by atoms with Crippen molar-refractivity contribution in [1.82, 2.24) is 0 Å². The van der Waals surface area contributed by atoms with Gasteiger partial charge in [0.15, 0.2) is 0 Å². The second kappa shape index (κ2) is 3.85. The van der Waals surface area contributed by atoms with Gasteiger partial charge in [-0.1, -0.05) is 5.16 Å². The van der Waals surface area contributed by atoms with Gasteiger partial charge >= 0.3 is 5.63 Å². The van der Waals surface area contributed by atoms with Crippen molar-refractivity contribution < 1.29 is 14.4 Å². The van der Waals surface area contributed by atoms with Crippen LogP contribution in [0.4, 0.5) is 0 Å². The summed E-state index contributed by atoms with van der Waals surface area (Å²) < 4.78 is 11.0. The summed E-state index contributed by atoms with van der Waals surface area (Å²) in [5.74, 6) is 0.652. The average Bonchev–Trinajstić information content (AvgIpc) is 2.34. The lowest BCUT2D eigenvalue weighted by molar-refractivity contribution is 0.163. The molecule has 2 heterocycles. The molecule has 0 radical (unpaired) electrons. The molecule has 0 aliphatic carbocycles. The molecular formula is C14H13NO4. The number of hydrogen-bond acceptors (Lipinski definition) is 5. The largest absolute Gasteiger partial charge is 0.481 e. The van der Waals surface area contributed by atoms with Crippen LogP contribution in [0.15, 0.2) is 38.6 Å². The molecule has 0 unspecified atom stereocenters. The minimum atomic E-state index is -0.676. The fourth-order valence-corrected chi connectivity index (χ4v) is 2.26.